The fourth-order valence-corrected chi connectivity index (χ4v) is 9.03. The molecule has 1 aliphatic heterocycles. The van der Waals surface area contributed by atoms with E-state index in [0.717, 1.165) is 11.6 Å². The van der Waals surface area contributed by atoms with Gasteiger partial charge in [-0.2, -0.15) is 0 Å². The Balaban J connectivity index is 1.62. The fraction of sp³-hybridized carbons (Fsp3) is 0.750. The van der Waals surface area contributed by atoms with E-state index in [1.165, 1.54) is 0 Å². The summed E-state index contributed by atoms with van der Waals surface area (Å²) in [5.74, 6) is -1.41. The van der Waals surface area contributed by atoms with Gasteiger partial charge in [-0.05, 0) is 49.5 Å². The van der Waals surface area contributed by atoms with Crippen LogP contribution in [0.4, 0.5) is 0 Å². The summed E-state index contributed by atoms with van der Waals surface area (Å²) in [5.41, 5.74) is 0.216. The molecule has 0 unspecified atom stereocenters. The fourth-order valence-electron chi connectivity index (χ4n) is 7.25. The molecule has 1 saturated heterocycles. The molecule has 2 bridgehead atoms. The molecule has 1 aromatic rings. The number of hydrogen-bond donors (Lipinski definition) is 0. The van der Waals surface area contributed by atoms with Gasteiger partial charge in [0.1, 0.15) is 18.2 Å². The van der Waals surface area contributed by atoms with E-state index in [0.29, 0.717) is 39.5 Å². The van der Waals surface area contributed by atoms with E-state index < -0.39 is 33.7 Å². The minimum absolute atomic E-state index is 0.0524. The minimum atomic E-state index is -2.08. The lowest BCUT2D eigenvalue weighted by atomic mass is 9.48. The third-order valence-corrected chi connectivity index (χ3v) is 16.9. The van der Waals surface area contributed by atoms with Crippen LogP contribution in [0, 0.1) is 29.6 Å². The average Bonchev–Trinajstić information content (AvgIpc) is 3.23. The SMILES string of the molecule is C=C[C@@H](CO[Si](C)(C)C(C)(C)C)[C@@]12OC(C)(C)O[C@@H]1[C@H]1CC(=O)[C@@H]2[C@@H](COCc2ccccc2)[C@@H]1COCOCC[Si](C)(C)C. The molecule has 0 N–H and O–H groups in total. The first-order chi connectivity index (χ1) is 20.9. The molecule has 1 aromatic carbocycles. The van der Waals surface area contributed by atoms with Gasteiger partial charge in [0.2, 0.25) is 0 Å². The van der Waals surface area contributed by atoms with Crippen molar-refractivity contribution in [1.82, 2.24) is 0 Å². The number of ketones is 1. The van der Waals surface area contributed by atoms with Crippen LogP contribution in [-0.2, 0) is 39.5 Å². The lowest BCUT2D eigenvalue weighted by Crippen LogP contribution is -2.71. The van der Waals surface area contributed by atoms with Crippen LogP contribution >= 0.6 is 0 Å². The second-order valence-corrected chi connectivity index (χ2v) is 27.1. The third kappa shape index (κ3) is 8.28. The number of carbonyl (C=O) groups is 1. The molecule has 3 aliphatic carbocycles. The van der Waals surface area contributed by atoms with Gasteiger partial charge in [-0.15, -0.1) is 6.58 Å². The smallest absolute Gasteiger partial charge is 0.192 e. The minimum Gasteiger partial charge on any atom is -0.416 e. The van der Waals surface area contributed by atoms with Crippen LogP contribution in [0.5, 0.6) is 0 Å². The van der Waals surface area contributed by atoms with Crippen molar-refractivity contribution >= 4 is 22.2 Å². The van der Waals surface area contributed by atoms with Crippen molar-refractivity contribution in [2.24, 2.45) is 29.6 Å². The maximum atomic E-state index is 14.2. The molecular formula is C36H60O7Si2. The van der Waals surface area contributed by atoms with Crippen molar-refractivity contribution in [3.63, 3.8) is 0 Å². The van der Waals surface area contributed by atoms with Crippen molar-refractivity contribution in [1.29, 1.82) is 0 Å². The summed E-state index contributed by atoms with van der Waals surface area (Å²) in [6.45, 7) is 29.3. The van der Waals surface area contributed by atoms with Crippen LogP contribution in [0.25, 0.3) is 0 Å². The quantitative estimate of drug-likeness (QED) is 0.0779. The average molecular weight is 661 g/mol. The van der Waals surface area contributed by atoms with Crippen LogP contribution in [-0.4, -0.2) is 72.9 Å². The van der Waals surface area contributed by atoms with E-state index in [4.69, 9.17) is 28.1 Å². The number of hydrogen-bond acceptors (Lipinski definition) is 7. The Morgan fingerprint density at radius 1 is 1.02 bits per heavy atom. The van der Waals surface area contributed by atoms with Crippen LogP contribution in [0.3, 0.4) is 0 Å². The van der Waals surface area contributed by atoms with E-state index in [9.17, 15) is 4.79 Å². The molecule has 3 saturated carbocycles. The van der Waals surface area contributed by atoms with Crippen molar-refractivity contribution in [3.8, 4) is 0 Å². The summed E-state index contributed by atoms with van der Waals surface area (Å²) >= 11 is 0. The Hall–Kier alpha value is -1.18. The van der Waals surface area contributed by atoms with Gasteiger partial charge in [0.15, 0.2) is 14.1 Å². The number of fused-ring (bicyclic) bond motifs is 2. The Morgan fingerprint density at radius 3 is 2.31 bits per heavy atom. The molecule has 1 heterocycles. The van der Waals surface area contributed by atoms with Crippen LogP contribution in [0.1, 0.15) is 46.6 Å². The van der Waals surface area contributed by atoms with E-state index in [2.05, 4.69) is 72.2 Å². The van der Waals surface area contributed by atoms with Crippen molar-refractivity contribution < 1.29 is 32.9 Å². The predicted octanol–water partition coefficient (Wildman–Crippen LogP) is 7.70. The van der Waals surface area contributed by atoms with Gasteiger partial charge in [-0.25, -0.2) is 0 Å². The molecule has 0 radical (unpaired) electrons. The summed E-state index contributed by atoms with van der Waals surface area (Å²) in [5, 5.41) is 0.0524. The molecule has 0 amide bonds. The molecule has 0 aromatic heterocycles. The van der Waals surface area contributed by atoms with E-state index in [-0.39, 0.29) is 47.4 Å². The number of benzene rings is 1. The van der Waals surface area contributed by atoms with Crippen molar-refractivity contribution in [3.05, 3.63) is 48.6 Å². The second-order valence-electron chi connectivity index (χ2n) is 16.7. The highest BCUT2D eigenvalue weighted by molar-refractivity contribution is 6.76. The zero-order valence-corrected chi connectivity index (χ0v) is 31.6. The largest absolute Gasteiger partial charge is 0.416 e. The van der Waals surface area contributed by atoms with Gasteiger partial charge in [-0.3, -0.25) is 4.79 Å². The maximum absolute atomic E-state index is 14.2. The van der Waals surface area contributed by atoms with Crippen LogP contribution < -0.4 is 0 Å². The predicted molar refractivity (Wildman–Crippen MR) is 184 cm³/mol. The van der Waals surface area contributed by atoms with Gasteiger partial charge in [0.25, 0.3) is 0 Å². The van der Waals surface area contributed by atoms with E-state index in [1.54, 1.807) is 0 Å². The monoisotopic (exact) mass is 660 g/mol. The first kappa shape index (κ1) is 36.7. The van der Waals surface area contributed by atoms with Crippen LogP contribution in [0.15, 0.2) is 43.0 Å². The molecule has 4 aliphatic rings. The first-order valence-corrected chi connectivity index (χ1v) is 23.5. The summed E-state index contributed by atoms with van der Waals surface area (Å²) in [4.78, 5) is 14.2. The lowest BCUT2D eigenvalue weighted by Gasteiger charge is -2.59. The Labute approximate surface area is 274 Å². The molecule has 7 nitrogen and oxygen atoms in total. The summed E-state index contributed by atoms with van der Waals surface area (Å²) < 4.78 is 39.1. The van der Waals surface area contributed by atoms with E-state index >= 15 is 0 Å². The first-order valence-electron chi connectivity index (χ1n) is 16.9. The second kappa shape index (κ2) is 14.1. The topological polar surface area (TPSA) is 72.5 Å². The maximum Gasteiger partial charge on any atom is 0.192 e. The number of Topliss-reactive ketones (excluding diaryl/α,β-unsaturated/α-hetero) is 1. The summed E-state index contributed by atoms with van der Waals surface area (Å²) in [6, 6.07) is 11.3. The Morgan fingerprint density at radius 2 is 1.69 bits per heavy atom. The van der Waals surface area contributed by atoms with Crippen LogP contribution in [0.2, 0.25) is 43.8 Å². The van der Waals surface area contributed by atoms with Gasteiger partial charge in [0, 0.05) is 45.5 Å². The highest BCUT2D eigenvalue weighted by Gasteiger charge is 2.73. The molecule has 0 spiro atoms. The van der Waals surface area contributed by atoms with Crippen molar-refractivity contribution in [2.45, 2.75) is 109 Å². The molecule has 4 fully saturated rings. The number of rotatable bonds is 16. The molecule has 9 heteroatoms. The number of ether oxygens (including phenoxy) is 5. The summed E-state index contributed by atoms with van der Waals surface area (Å²) in [7, 11) is -3.27. The zero-order valence-electron chi connectivity index (χ0n) is 29.6. The highest BCUT2D eigenvalue weighted by atomic mass is 28.4. The standard InChI is InChI=1S/C36H60O7Si2/c1-12-27(22-41-45(10,11)34(2,3)4)36-32-30(24-39-21-26-16-14-13-15-17-26)29(23-40-25-38-18-19-44(7,8)9)28(20-31(32)37)33(36)42-35(5,6)43-36/h12-17,27-30,32-33H,1,18-25H2,2-11H3/t27-,28-,29+,30-,32-,33+,36-/m0/s1. The Bertz CT molecular complexity index is 1140. The molecule has 7 atom stereocenters. The summed E-state index contributed by atoms with van der Waals surface area (Å²) in [6.07, 6.45) is 2.11. The van der Waals surface area contributed by atoms with Gasteiger partial charge >= 0.3 is 0 Å². The van der Waals surface area contributed by atoms with E-state index in [1.807, 2.05) is 38.1 Å². The highest BCUT2D eigenvalue weighted by Crippen LogP contribution is 2.62. The van der Waals surface area contributed by atoms with Gasteiger partial charge in [0.05, 0.1) is 31.8 Å². The third-order valence-electron chi connectivity index (χ3n) is 10.7. The molecule has 5 rings (SSSR count). The lowest BCUT2D eigenvalue weighted by molar-refractivity contribution is -0.220. The molecule has 45 heavy (non-hydrogen) atoms. The zero-order chi connectivity index (χ0) is 33.3. The molecule has 254 valence electrons. The van der Waals surface area contributed by atoms with Gasteiger partial charge < -0.3 is 28.1 Å². The van der Waals surface area contributed by atoms with Gasteiger partial charge in [-0.1, -0.05) is 76.8 Å². The normalized spacial score (nSPS) is 30.4. The number of carbonyl (C=O) groups excluding carboxylic acids is 1. The molecular weight excluding hydrogens is 601 g/mol. The Kier molecular flexibility index (Phi) is 11.5. The van der Waals surface area contributed by atoms with Crippen molar-refractivity contribution in [2.75, 3.05) is 33.2 Å².